The summed E-state index contributed by atoms with van der Waals surface area (Å²) < 4.78 is 0. The number of rotatable bonds is 0. The third kappa shape index (κ3) is 0.653. The quantitative estimate of drug-likeness (QED) is 0.478. The molecular formula is C6H13N. The number of hydrogen-bond donors (Lipinski definition) is 1. The highest BCUT2D eigenvalue weighted by molar-refractivity contribution is 4.93. The summed E-state index contributed by atoms with van der Waals surface area (Å²) >= 11 is 0. The largest absolute Gasteiger partial charge is 0.311 e. The Hall–Kier alpha value is -0.0400. The van der Waals surface area contributed by atoms with Gasteiger partial charge in [-0.2, -0.15) is 0 Å². The summed E-state index contributed by atoms with van der Waals surface area (Å²) in [6.45, 7) is 7.95. The van der Waals surface area contributed by atoms with E-state index in [4.69, 9.17) is 0 Å². The lowest BCUT2D eigenvalue weighted by Crippen LogP contribution is -2.59. The molecule has 0 saturated carbocycles. The fourth-order valence-electron chi connectivity index (χ4n) is 0.714. The molecule has 1 heteroatoms. The van der Waals surface area contributed by atoms with E-state index in [1.54, 1.807) is 0 Å². The van der Waals surface area contributed by atoms with E-state index in [-0.39, 0.29) is 0 Å². The third-order valence-corrected chi connectivity index (χ3v) is 2.10. The van der Waals surface area contributed by atoms with E-state index < -0.39 is 0 Å². The van der Waals surface area contributed by atoms with E-state index in [2.05, 4.69) is 26.1 Å². The molecule has 1 saturated heterocycles. The third-order valence-electron chi connectivity index (χ3n) is 2.10. The van der Waals surface area contributed by atoms with Gasteiger partial charge in [-0.3, -0.25) is 0 Å². The maximum Gasteiger partial charge on any atom is 0.0162 e. The van der Waals surface area contributed by atoms with Crippen molar-refractivity contribution < 1.29 is 0 Å². The molecule has 1 nitrogen and oxygen atoms in total. The van der Waals surface area contributed by atoms with E-state index in [9.17, 15) is 0 Å². The van der Waals surface area contributed by atoms with Crippen LogP contribution in [0.15, 0.2) is 0 Å². The molecule has 0 spiro atoms. The van der Waals surface area contributed by atoms with E-state index in [1.165, 1.54) is 6.54 Å². The standard InChI is InChI=1S/C6H13N/c1-5-4-7-6(5,2)3/h5,7H,4H2,1-3H3. The molecule has 42 valence electrons. The molecule has 1 aliphatic heterocycles. The Labute approximate surface area is 45.1 Å². The van der Waals surface area contributed by atoms with Crippen LogP contribution in [0.1, 0.15) is 20.8 Å². The molecule has 0 bridgehead atoms. The predicted molar refractivity (Wildman–Crippen MR) is 31.2 cm³/mol. The summed E-state index contributed by atoms with van der Waals surface area (Å²) in [6.07, 6.45) is 0. The van der Waals surface area contributed by atoms with Crippen LogP contribution in [0.3, 0.4) is 0 Å². The average molecular weight is 99.2 g/mol. The first-order chi connectivity index (χ1) is 3.13. The molecular weight excluding hydrogens is 86.1 g/mol. The monoisotopic (exact) mass is 99.1 g/mol. The van der Waals surface area contributed by atoms with Crippen LogP contribution in [0.25, 0.3) is 0 Å². The normalized spacial score (nSPS) is 37.3. The summed E-state index contributed by atoms with van der Waals surface area (Å²) in [4.78, 5) is 0. The van der Waals surface area contributed by atoms with Gasteiger partial charge in [-0.1, -0.05) is 6.92 Å². The molecule has 1 aliphatic rings. The second kappa shape index (κ2) is 1.22. The lowest BCUT2D eigenvalue weighted by Gasteiger charge is -2.43. The van der Waals surface area contributed by atoms with E-state index in [1.807, 2.05) is 0 Å². The molecule has 1 N–H and O–H groups in total. The molecule has 1 heterocycles. The maximum absolute atomic E-state index is 3.33. The Morgan fingerprint density at radius 2 is 2.00 bits per heavy atom. The molecule has 1 fully saturated rings. The van der Waals surface area contributed by atoms with Crippen molar-refractivity contribution in [2.75, 3.05) is 6.54 Å². The second-order valence-corrected chi connectivity index (χ2v) is 3.00. The minimum Gasteiger partial charge on any atom is -0.311 e. The Balaban J connectivity index is 2.43. The number of hydrogen-bond acceptors (Lipinski definition) is 1. The highest BCUT2D eigenvalue weighted by atomic mass is 15.0. The molecule has 0 aromatic heterocycles. The van der Waals surface area contributed by atoms with Gasteiger partial charge in [0.1, 0.15) is 0 Å². The van der Waals surface area contributed by atoms with Crippen molar-refractivity contribution in [1.29, 1.82) is 0 Å². The van der Waals surface area contributed by atoms with Crippen molar-refractivity contribution in [1.82, 2.24) is 5.32 Å². The molecule has 1 atom stereocenters. The van der Waals surface area contributed by atoms with Gasteiger partial charge in [0, 0.05) is 5.54 Å². The fourth-order valence-corrected chi connectivity index (χ4v) is 0.714. The van der Waals surface area contributed by atoms with Crippen molar-refractivity contribution in [3.8, 4) is 0 Å². The molecule has 0 radical (unpaired) electrons. The van der Waals surface area contributed by atoms with Crippen molar-refractivity contribution in [2.24, 2.45) is 5.92 Å². The summed E-state index contributed by atoms with van der Waals surface area (Å²) in [7, 11) is 0. The first-order valence-electron chi connectivity index (χ1n) is 2.88. The zero-order valence-electron chi connectivity index (χ0n) is 5.28. The average Bonchev–Trinajstić information content (AvgIpc) is 1.63. The predicted octanol–water partition coefficient (Wildman–Crippen LogP) is 1.00. The van der Waals surface area contributed by atoms with Gasteiger partial charge in [0.05, 0.1) is 0 Å². The topological polar surface area (TPSA) is 12.0 Å². The second-order valence-electron chi connectivity index (χ2n) is 3.00. The SMILES string of the molecule is CC1CNC1(C)C. The molecule has 7 heavy (non-hydrogen) atoms. The zero-order valence-corrected chi connectivity index (χ0v) is 5.28. The first kappa shape index (κ1) is 5.10. The van der Waals surface area contributed by atoms with Crippen LogP contribution in [-0.2, 0) is 0 Å². The summed E-state index contributed by atoms with van der Waals surface area (Å²) in [6, 6.07) is 0. The Morgan fingerprint density at radius 1 is 1.57 bits per heavy atom. The molecule has 1 unspecified atom stereocenters. The molecule has 0 aliphatic carbocycles. The summed E-state index contributed by atoms with van der Waals surface area (Å²) in [5, 5.41) is 3.33. The fraction of sp³-hybridized carbons (Fsp3) is 1.00. The molecule has 1 rings (SSSR count). The van der Waals surface area contributed by atoms with E-state index >= 15 is 0 Å². The van der Waals surface area contributed by atoms with Gasteiger partial charge < -0.3 is 5.32 Å². The van der Waals surface area contributed by atoms with Crippen molar-refractivity contribution in [3.05, 3.63) is 0 Å². The first-order valence-corrected chi connectivity index (χ1v) is 2.88. The highest BCUT2D eigenvalue weighted by Crippen LogP contribution is 2.23. The highest BCUT2D eigenvalue weighted by Gasteiger charge is 2.33. The Kier molecular flexibility index (Phi) is 0.890. The molecule has 0 aromatic carbocycles. The molecule has 0 amide bonds. The lowest BCUT2D eigenvalue weighted by molar-refractivity contribution is 0.157. The summed E-state index contributed by atoms with van der Waals surface area (Å²) in [5.41, 5.74) is 0.431. The lowest BCUT2D eigenvalue weighted by atomic mass is 9.81. The minimum atomic E-state index is 0.431. The zero-order chi connectivity index (χ0) is 5.49. The van der Waals surface area contributed by atoms with E-state index in [0.29, 0.717) is 5.54 Å². The van der Waals surface area contributed by atoms with Crippen LogP contribution in [0, 0.1) is 5.92 Å². The van der Waals surface area contributed by atoms with E-state index in [0.717, 1.165) is 5.92 Å². The minimum absolute atomic E-state index is 0.431. The van der Waals surface area contributed by atoms with Crippen LogP contribution in [0.4, 0.5) is 0 Å². The van der Waals surface area contributed by atoms with Crippen LogP contribution < -0.4 is 5.32 Å². The Bertz CT molecular complexity index is 76.2. The van der Waals surface area contributed by atoms with Crippen LogP contribution in [0.2, 0.25) is 0 Å². The van der Waals surface area contributed by atoms with Crippen LogP contribution >= 0.6 is 0 Å². The van der Waals surface area contributed by atoms with Gasteiger partial charge in [-0.05, 0) is 26.3 Å². The Morgan fingerprint density at radius 3 is 2.00 bits per heavy atom. The van der Waals surface area contributed by atoms with Crippen LogP contribution in [0.5, 0.6) is 0 Å². The maximum atomic E-state index is 3.33. The molecule has 0 aromatic rings. The van der Waals surface area contributed by atoms with Crippen molar-refractivity contribution in [2.45, 2.75) is 26.3 Å². The van der Waals surface area contributed by atoms with Gasteiger partial charge in [0.25, 0.3) is 0 Å². The summed E-state index contributed by atoms with van der Waals surface area (Å²) in [5.74, 6) is 0.868. The van der Waals surface area contributed by atoms with Gasteiger partial charge in [-0.15, -0.1) is 0 Å². The van der Waals surface area contributed by atoms with Gasteiger partial charge in [0.15, 0.2) is 0 Å². The van der Waals surface area contributed by atoms with Gasteiger partial charge in [0.2, 0.25) is 0 Å². The van der Waals surface area contributed by atoms with Gasteiger partial charge in [-0.25, -0.2) is 0 Å². The van der Waals surface area contributed by atoms with Crippen molar-refractivity contribution in [3.63, 3.8) is 0 Å². The van der Waals surface area contributed by atoms with Gasteiger partial charge >= 0.3 is 0 Å². The van der Waals surface area contributed by atoms with Crippen LogP contribution in [-0.4, -0.2) is 12.1 Å². The number of nitrogens with one attached hydrogen (secondary N) is 1. The van der Waals surface area contributed by atoms with Crippen molar-refractivity contribution >= 4 is 0 Å². The smallest absolute Gasteiger partial charge is 0.0162 e.